The zero-order valence-corrected chi connectivity index (χ0v) is 14.5. The quantitative estimate of drug-likeness (QED) is 0.810. The summed E-state index contributed by atoms with van der Waals surface area (Å²) in [6.45, 7) is 7.58. The van der Waals surface area contributed by atoms with Gasteiger partial charge in [-0.2, -0.15) is 0 Å². The van der Waals surface area contributed by atoms with Crippen molar-refractivity contribution in [3.8, 4) is 0 Å². The molecular weight excluding hydrogens is 300 g/mol. The van der Waals surface area contributed by atoms with Gasteiger partial charge in [0.15, 0.2) is 0 Å². The molecule has 0 aliphatic rings. The zero-order chi connectivity index (χ0) is 17.5. The topological polar surface area (TPSA) is 40.6 Å². The fraction of sp³-hybridized carbons (Fsp3) is 0.300. The highest BCUT2D eigenvalue weighted by molar-refractivity contribution is 6.13. The molecule has 4 nitrogen and oxygen atoms in total. The van der Waals surface area contributed by atoms with Crippen molar-refractivity contribution in [3.05, 3.63) is 65.7 Å². The van der Waals surface area contributed by atoms with Gasteiger partial charge >= 0.3 is 0 Å². The first kappa shape index (κ1) is 17.7. The number of para-hydroxylation sites is 1. The van der Waals surface area contributed by atoms with Crippen LogP contribution in [-0.2, 0) is 0 Å². The summed E-state index contributed by atoms with van der Waals surface area (Å²) in [7, 11) is 0. The van der Waals surface area contributed by atoms with Crippen LogP contribution in [0.4, 0.5) is 5.69 Å². The van der Waals surface area contributed by atoms with Gasteiger partial charge in [0.2, 0.25) is 0 Å². The lowest BCUT2D eigenvalue weighted by atomic mass is 10.0. The summed E-state index contributed by atoms with van der Waals surface area (Å²) in [5, 5.41) is 0. The van der Waals surface area contributed by atoms with Crippen LogP contribution in [0.25, 0.3) is 0 Å². The predicted molar refractivity (Wildman–Crippen MR) is 97.5 cm³/mol. The number of rotatable bonds is 6. The highest BCUT2D eigenvalue weighted by Crippen LogP contribution is 2.20. The van der Waals surface area contributed by atoms with Gasteiger partial charge in [0.25, 0.3) is 11.8 Å². The van der Waals surface area contributed by atoms with Crippen LogP contribution in [0.2, 0.25) is 0 Å². The summed E-state index contributed by atoms with van der Waals surface area (Å²) >= 11 is 0. The molecule has 0 saturated carbocycles. The van der Waals surface area contributed by atoms with E-state index in [1.165, 1.54) is 0 Å². The van der Waals surface area contributed by atoms with Crippen LogP contribution in [0.3, 0.4) is 0 Å². The van der Waals surface area contributed by atoms with Crippen LogP contribution < -0.4 is 4.90 Å². The molecule has 0 fully saturated rings. The minimum Gasteiger partial charge on any atom is -0.339 e. The van der Waals surface area contributed by atoms with Gasteiger partial charge < -0.3 is 9.80 Å². The monoisotopic (exact) mass is 324 g/mol. The van der Waals surface area contributed by atoms with Crippen LogP contribution >= 0.6 is 0 Å². The fourth-order valence-corrected chi connectivity index (χ4v) is 2.73. The number of hydrogen-bond acceptors (Lipinski definition) is 2. The maximum absolute atomic E-state index is 13.1. The number of amides is 2. The van der Waals surface area contributed by atoms with E-state index in [2.05, 4.69) is 0 Å². The Bertz CT molecular complexity index is 694. The Balaban J connectivity index is 2.41. The lowest BCUT2D eigenvalue weighted by molar-refractivity contribution is 0.0767. The van der Waals surface area contributed by atoms with Gasteiger partial charge in [0.05, 0.1) is 11.1 Å². The molecule has 0 atom stereocenters. The van der Waals surface area contributed by atoms with E-state index in [9.17, 15) is 9.59 Å². The van der Waals surface area contributed by atoms with Gasteiger partial charge in [-0.25, -0.2) is 0 Å². The van der Waals surface area contributed by atoms with Crippen LogP contribution in [0.5, 0.6) is 0 Å². The zero-order valence-electron chi connectivity index (χ0n) is 14.5. The number of hydrogen-bond donors (Lipinski definition) is 0. The SMILES string of the molecule is CCN(CC)C(=O)c1ccccc1C(=O)N(CC)c1ccccc1. The van der Waals surface area contributed by atoms with Crippen molar-refractivity contribution in [2.75, 3.05) is 24.5 Å². The highest BCUT2D eigenvalue weighted by atomic mass is 16.2. The maximum Gasteiger partial charge on any atom is 0.259 e. The fourth-order valence-electron chi connectivity index (χ4n) is 2.73. The molecule has 0 heterocycles. The number of benzene rings is 2. The summed E-state index contributed by atoms with van der Waals surface area (Å²) < 4.78 is 0. The molecule has 126 valence electrons. The van der Waals surface area contributed by atoms with E-state index in [1.54, 1.807) is 34.1 Å². The standard InChI is InChI=1S/C20H24N2O2/c1-4-21(5-2)19(23)17-14-10-11-15-18(17)20(24)22(6-3)16-12-8-7-9-13-16/h7-15H,4-6H2,1-3H3. The molecule has 24 heavy (non-hydrogen) atoms. The molecule has 4 heteroatoms. The minimum atomic E-state index is -0.153. The molecule has 2 amide bonds. The smallest absolute Gasteiger partial charge is 0.259 e. The Morgan fingerprint density at radius 1 is 0.708 bits per heavy atom. The van der Waals surface area contributed by atoms with Gasteiger partial charge in [0.1, 0.15) is 0 Å². The normalized spacial score (nSPS) is 10.3. The minimum absolute atomic E-state index is 0.104. The van der Waals surface area contributed by atoms with E-state index in [4.69, 9.17) is 0 Å². The Labute approximate surface area is 143 Å². The largest absolute Gasteiger partial charge is 0.339 e. The molecule has 2 aromatic rings. The van der Waals surface area contributed by atoms with Crippen LogP contribution in [-0.4, -0.2) is 36.3 Å². The van der Waals surface area contributed by atoms with Crippen molar-refractivity contribution in [1.82, 2.24) is 4.90 Å². The van der Waals surface area contributed by atoms with Crippen LogP contribution in [0.15, 0.2) is 54.6 Å². The predicted octanol–water partition coefficient (Wildman–Crippen LogP) is 3.84. The Morgan fingerprint density at radius 3 is 1.71 bits per heavy atom. The molecule has 0 bridgehead atoms. The summed E-state index contributed by atoms with van der Waals surface area (Å²) in [6, 6.07) is 16.6. The van der Waals surface area contributed by atoms with Crippen molar-refractivity contribution in [2.45, 2.75) is 20.8 Å². The molecule has 2 rings (SSSR count). The molecule has 0 radical (unpaired) electrons. The summed E-state index contributed by atoms with van der Waals surface area (Å²) in [6.07, 6.45) is 0. The molecule has 0 aromatic heterocycles. The first-order chi connectivity index (χ1) is 11.6. The highest BCUT2D eigenvalue weighted by Gasteiger charge is 2.23. The second-order valence-electron chi connectivity index (χ2n) is 5.41. The molecule has 0 spiro atoms. The number of carbonyl (C=O) groups excluding carboxylic acids is 2. The lowest BCUT2D eigenvalue weighted by Crippen LogP contribution is -2.35. The van der Waals surface area contributed by atoms with E-state index in [1.807, 2.05) is 51.1 Å². The third-order valence-electron chi connectivity index (χ3n) is 4.07. The first-order valence-corrected chi connectivity index (χ1v) is 8.39. The van der Waals surface area contributed by atoms with Crippen LogP contribution in [0.1, 0.15) is 41.5 Å². The first-order valence-electron chi connectivity index (χ1n) is 8.39. The van der Waals surface area contributed by atoms with Crippen molar-refractivity contribution >= 4 is 17.5 Å². The van der Waals surface area contributed by atoms with E-state index in [0.717, 1.165) is 5.69 Å². The second-order valence-corrected chi connectivity index (χ2v) is 5.41. The summed E-state index contributed by atoms with van der Waals surface area (Å²) in [5.41, 5.74) is 1.73. The average Bonchev–Trinajstić information content (AvgIpc) is 2.64. The van der Waals surface area contributed by atoms with E-state index < -0.39 is 0 Å². The van der Waals surface area contributed by atoms with E-state index in [-0.39, 0.29) is 11.8 Å². The molecule has 2 aromatic carbocycles. The van der Waals surface area contributed by atoms with Gasteiger partial charge in [0, 0.05) is 25.3 Å². The molecule has 0 saturated heterocycles. The molecule has 0 N–H and O–H groups in total. The van der Waals surface area contributed by atoms with E-state index >= 15 is 0 Å². The Hall–Kier alpha value is -2.62. The average molecular weight is 324 g/mol. The Kier molecular flexibility index (Phi) is 6.13. The van der Waals surface area contributed by atoms with Gasteiger partial charge in [-0.3, -0.25) is 9.59 Å². The third kappa shape index (κ3) is 3.65. The third-order valence-corrected chi connectivity index (χ3v) is 4.07. The van der Waals surface area contributed by atoms with Gasteiger partial charge in [-0.15, -0.1) is 0 Å². The number of carbonyl (C=O) groups is 2. The summed E-state index contributed by atoms with van der Waals surface area (Å²) in [5.74, 6) is -0.257. The van der Waals surface area contributed by atoms with Crippen molar-refractivity contribution in [1.29, 1.82) is 0 Å². The van der Waals surface area contributed by atoms with Crippen molar-refractivity contribution in [2.24, 2.45) is 0 Å². The van der Waals surface area contributed by atoms with Crippen LogP contribution in [0, 0.1) is 0 Å². The molecular formula is C20H24N2O2. The molecule has 0 aliphatic carbocycles. The summed E-state index contributed by atoms with van der Waals surface area (Å²) in [4.78, 5) is 29.2. The van der Waals surface area contributed by atoms with Gasteiger partial charge in [-0.1, -0.05) is 30.3 Å². The molecule has 0 aliphatic heterocycles. The van der Waals surface area contributed by atoms with Crippen molar-refractivity contribution in [3.63, 3.8) is 0 Å². The second kappa shape index (κ2) is 8.29. The Morgan fingerprint density at radius 2 is 1.21 bits per heavy atom. The lowest BCUT2D eigenvalue weighted by Gasteiger charge is -2.24. The van der Waals surface area contributed by atoms with E-state index in [0.29, 0.717) is 30.8 Å². The number of nitrogens with zero attached hydrogens (tertiary/aromatic N) is 2. The van der Waals surface area contributed by atoms with Gasteiger partial charge in [-0.05, 0) is 45.0 Å². The number of anilines is 1. The maximum atomic E-state index is 13.1. The van der Waals surface area contributed by atoms with Crippen molar-refractivity contribution < 1.29 is 9.59 Å². The molecule has 0 unspecified atom stereocenters.